The molecule has 28 heavy (non-hydrogen) atoms. The maximum atomic E-state index is 4.44. The highest BCUT2D eigenvalue weighted by Crippen LogP contribution is 2.34. The predicted molar refractivity (Wildman–Crippen MR) is 113 cm³/mol. The number of anilines is 1. The average Bonchev–Trinajstić information content (AvgIpc) is 3.33. The van der Waals surface area contributed by atoms with Crippen LogP contribution < -0.4 is 5.43 Å². The number of halogens is 1. The Balaban J connectivity index is 1.54. The fourth-order valence-corrected chi connectivity index (χ4v) is 3.29. The second kappa shape index (κ2) is 6.90. The molecule has 7 nitrogen and oxygen atoms in total. The van der Waals surface area contributed by atoms with Crippen LogP contribution in [0.4, 0.5) is 17.1 Å². The Bertz CT molecular complexity index is 1300. The lowest BCUT2D eigenvalue weighted by Crippen LogP contribution is -2.10. The summed E-state index contributed by atoms with van der Waals surface area (Å²) >= 11 is 3.42. The fourth-order valence-electron chi connectivity index (χ4n) is 3.02. The maximum Gasteiger partial charge on any atom is 0.115 e. The van der Waals surface area contributed by atoms with Crippen molar-refractivity contribution in [2.24, 2.45) is 10.2 Å². The van der Waals surface area contributed by atoms with Crippen molar-refractivity contribution in [3.63, 3.8) is 0 Å². The van der Waals surface area contributed by atoms with Crippen molar-refractivity contribution in [1.29, 1.82) is 0 Å². The highest BCUT2D eigenvalue weighted by molar-refractivity contribution is 9.10. The van der Waals surface area contributed by atoms with Crippen molar-refractivity contribution in [3.05, 3.63) is 77.4 Å². The predicted octanol–water partition coefficient (Wildman–Crippen LogP) is 5.97. The molecule has 5 rings (SSSR count). The van der Waals surface area contributed by atoms with E-state index in [-0.39, 0.29) is 0 Å². The van der Waals surface area contributed by atoms with Crippen LogP contribution >= 0.6 is 15.9 Å². The van der Waals surface area contributed by atoms with Crippen LogP contribution in [0.2, 0.25) is 0 Å². The van der Waals surface area contributed by atoms with Crippen molar-refractivity contribution in [3.8, 4) is 0 Å². The van der Waals surface area contributed by atoms with E-state index >= 15 is 0 Å². The van der Waals surface area contributed by atoms with Crippen LogP contribution in [0.3, 0.4) is 0 Å². The van der Waals surface area contributed by atoms with Crippen molar-refractivity contribution in [2.45, 2.75) is 0 Å². The second-order valence-electron chi connectivity index (χ2n) is 6.18. The summed E-state index contributed by atoms with van der Waals surface area (Å²) in [5, 5.41) is 18.1. The Kier molecular flexibility index (Phi) is 4.10. The summed E-state index contributed by atoms with van der Waals surface area (Å²) in [6.45, 7) is 0. The van der Waals surface area contributed by atoms with Crippen molar-refractivity contribution in [2.75, 3.05) is 5.43 Å². The van der Waals surface area contributed by atoms with Crippen molar-refractivity contribution in [1.82, 2.24) is 20.1 Å². The highest BCUT2D eigenvalue weighted by Gasteiger charge is 2.11. The fraction of sp³-hybridized carbons (Fsp3) is 0. The molecule has 2 heterocycles. The van der Waals surface area contributed by atoms with E-state index in [4.69, 9.17) is 0 Å². The summed E-state index contributed by atoms with van der Waals surface area (Å²) in [4.78, 5) is 4.90. The number of aromatic amines is 1. The zero-order valence-corrected chi connectivity index (χ0v) is 16.1. The summed E-state index contributed by atoms with van der Waals surface area (Å²) in [6, 6.07) is 21.4. The van der Waals surface area contributed by atoms with Gasteiger partial charge >= 0.3 is 0 Å². The number of aromatic nitrogens is 4. The first kappa shape index (κ1) is 16.6. The molecule has 0 amide bonds. The largest absolute Gasteiger partial charge is 0.359 e. The molecule has 2 aromatic heterocycles. The molecule has 5 aromatic rings. The monoisotopic (exact) mass is 431 g/mol. The molecular formula is C20H14BrN7. The molecular weight excluding hydrogens is 418 g/mol. The summed E-state index contributed by atoms with van der Waals surface area (Å²) < 4.78 is 1.00. The number of H-pyrrole nitrogens is 1. The van der Waals surface area contributed by atoms with Gasteiger partial charge in [0.1, 0.15) is 16.7 Å². The third-order valence-electron chi connectivity index (χ3n) is 4.36. The SMILES string of the molecule is Brc1ccc(/N=N/c2c[nH]c3cccc(Nn4nnc5ccccc54)c23)cc1. The number of nitrogens with zero attached hydrogens (tertiary/aromatic N) is 5. The number of para-hydroxylation sites is 1. The average molecular weight is 432 g/mol. The summed E-state index contributed by atoms with van der Waals surface area (Å²) in [5.74, 6) is 0. The lowest BCUT2D eigenvalue weighted by atomic mass is 10.2. The number of benzene rings is 3. The first-order valence-electron chi connectivity index (χ1n) is 8.63. The number of hydrogen-bond acceptors (Lipinski definition) is 5. The number of nitrogens with one attached hydrogen (secondary N) is 2. The summed E-state index contributed by atoms with van der Waals surface area (Å²) in [5.41, 5.74) is 8.38. The molecule has 0 radical (unpaired) electrons. The number of rotatable bonds is 4. The molecule has 0 saturated heterocycles. The zero-order valence-electron chi connectivity index (χ0n) is 14.5. The molecule has 8 heteroatoms. The second-order valence-corrected chi connectivity index (χ2v) is 7.10. The van der Waals surface area contributed by atoms with E-state index < -0.39 is 0 Å². The van der Waals surface area contributed by atoms with E-state index in [1.807, 2.05) is 72.9 Å². The van der Waals surface area contributed by atoms with Gasteiger partial charge < -0.3 is 4.98 Å². The van der Waals surface area contributed by atoms with Crippen LogP contribution in [-0.2, 0) is 0 Å². The third kappa shape index (κ3) is 3.03. The number of fused-ring (bicyclic) bond motifs is 2. The van der Waals surface area contributed by atoms with E-state index in [2.05, 4.69) is 46.9 Å². The Hall–Kier alpha value is -3.52. The minimum Gasteiger partial charge on any atom is -0.359 e. The molecule has 0 atom stereocenters. The summed E-state index contributed by atoms with van der Waals surface area (Å²) in [6.07, 6.45) is 1.84. The van der Waals surface area contributed by atoms with E-state index in [0.717, 1.165) is 43.5 Å². The molecule has 0 saturated carbocycles. The van der Waals surface area contributed by atoms with Gasteiger partial charge in [0.2, 0.25) is 0 Å². The van der Waals surface area contributed by atoms with Gasteiger partial charge in [-0.3, -0.25) is 5.43 Å². The van der Waals surface area contributed by atoms with Gasteiger partial charge in [-0.15, -0.1) is 10.2 Å². The van der Waals surface area contributed by atoms with Gasteiger partial charge in [-0.25, -0.2) is 0 Å². The molecule has 2 N–H and O–H groups in total. The molecule has 3 aromatic carbocycles. The van der Waals surface area contributed by atoms with E-state index in [1.165, 1.54) is 0 Å². The topological polar surface area (TPSA) is 83.2 Å². The van der Waals surface area contributed by atoms with Crippen LogP contribution in [0, 0.1) is 0 Å². The van der Waals surface area contributed by atoms with Crippen LogP contribution in [-0.4, -0.2) is 20.1 Å². The van der Waals surface area contributed by atoms with Gasteiger partial charge in [0.15, 0.2) is 0 Å². The van der Waals surface area contributed by atoms with Gasteiger partial charge in [0.25, 0.3) is 0 Å². The lowest BCUT2D eigenvalue weighted by molar-refractivity contribution is 0.767. The standard InChI is InChI=1S/C20H14BrN7/c21-13-8-10-14(11-9-13)23-24-18-12-22-16-5-3-6-17(20(16)18)26-28-19-7-2-1-4-15(19)25-27-28/h1-12,22,26H/b24-23+. The molecule has 0 aliphatic carbocycles. The lowest BCUT2D eigenvalue weighted by Gasteiger charge is -2.08. The molecule has 0 spiro atoms. The van der Waals surface area contributed by atoms with Crippen LogP contribution in [0.5, 0.6) is 0 Å². The molecule has 0 bridgehead atoms. The van der Waals surface area contributed by atoms with Gasteiger partial charge in [0.05, 0.1) is 16.8 Å². The Morgan fingerprint density at radius 2 is 1.79 bits per heavy atom. The van der Waals surface area contributed by atoms with Gasteiger partial charge in [-0.2, -0.15) is 9.91 Å². The quantitative estimate of drug-likeness (QED) is 0.344. The molecule has 0 aliphatic heterocycles. The molecule has 0 fully saturated rings. The van der Waals surface area contributed by atoms with Gasteiger partial charge in [0, 0.05) is 16.2 Å². The van der Waals surface area contributed by atoms with Gasteiger partial charge in [-0.05, 0) is 53.7 Å². The van der Waals surface area contributed by atoms with Crippen LogP contribution in [0.15, 0.2) is 87.6 Å². The minimum absolute atomic E-state index is 0.741. The zero-order chi connectivity index (χ0) is 18.9. The Morgan fingerprint density at radius 1 is 0.929 bits per heavy atom. The van der Waals surface area contributed by atoms with E-state index in [0.29, 0.717) is 0 Å². The Labute approximate surface area is 168 Å². The minimum atomic E-state index is 0.741. The highest BCUT2D eigenvalue weighted by atomic mass is 79.9. The van der Waals surface area contributed by atoms with Gasteiger partial charge in [-0.1, -0.05) is 34.1 Å². The van der Waals surface area contributed by atoms with Crippen molar-refractivity contribution >= 4 is 54.9 Å². The first-order valence-corrected chi connectivity index (χ1v) is 9.42. The van der Waals surface area contributed by atoms with Crippen molar-refractivity contribution < 1.29 is 0 Å². The number of azo groups is 1. The van der Waals surface area contributed by atoms with Crippen LogP contribution in [0.25, 0.3) is 21.9 Å². The molecule has 0 unspecified atom stereocenters. The molecule has 136 valence electrons. The summed E-state index contributed by atoms with van der Waals surface area (Å²) in [7, 11) is 0. The van der Waals surface area contributed by atoms with Crippen LogP contribution in [0.1, 0.15) is 0 Å². The van der Waals surface area contributed by atoms with E-state index in [1.54, 1.807) is 4.79 Å². The normalized spacial score (nSPS) is 11.6. The maximum absolute atomic E-state index is 4.44. The smallest absolute Gasteiger partial charge is 0.115 e. The van der Waals surface area contributed by atoms with E-state index in [9.17, 15) is 0 Å². The first-order chi connectivity index (χ1) is 13.8. The number of hydrogen-bond donors (Lipinski definition) is 2. The molecule has 0 aliphatic rings. The Morgan fingerprint density at radius 3 is 2.68 bits per heavy atom. The third-order valence-corrected chi connectivity index (χ3v) is 4.89.